The van der Waals surface area contributed by atoms with Crippen LogP contribution in [0.2, 0.25) is 0 Å². The minimum absolute atomic E-state index is 0.519. The molecular weight excluding hydrogens is 919 g/mol. The summed E-state index contributed by atoms with van der Waals surface area (Å²) >= 11 is 0. The zero-order valence-electron chi connectivity index (χ0n) is 41.5. The summed E-state index contributed by atoms with van der Waals surface area (Å²) in [4.78, 5) is 2.51. The molecule has 0 atom stereocenters. The standard InChI is InChI=1S/C74H47NO/c1-3-19-48(20-4-1)50-37-40-52(41-38-50)73(63-30-12-7-25-56(63)57-26-8-13-31-64(57)73)53-23-17-24-54(46-53)75(69-35-18-36-71-72(69)62-45-51(39-44-70(62)76-71)49-21-5-2-6-22-49)55-42-43-61-60-29-11-16-34-67(60)74(68(61)47-55)65-32-14-9-27-58(65)59-28-10-15-33-66(59)74/h1-47H. The van der Waals surface area contributed by atoms with Gasteiger partial charge >= 0.3 is 0 Å². The van der Waals surface area contributed by atoms with E-state index >= 15 is 0 Å². The first kappa shape index (κ1) is 42.7. The number of rotatable bonds is 7. The number of fused-ring (bicyclic) bond motifs is 16. The summed E-state index contributed by atoms with van der Waals surface area (Å²) in [7, 11) is 0. The SMILES string of the molecule is c1ccc(-c2ccc(C3(c4cccc(N(c5ccc6c(c5)C5(c7ccccc7-c7ccccc75)c5ccccc5-6)c5cccc6oc7ccc(-c8ccccc8)cc7c56)c4)c4ccccc4-c4ccccc43)cc2)cc1. The molecule has 0 saturated carbocycles. The van der Waals surface area contributed by atoms with Crippen molar-refractivity contribution in [2.75, 3.05) is 4.90 Å². The maximum atomic E-state index is 6.85. The second-order valence-corrected chi connectivity index (χ2v) is 20.6. The maximum Gasteiger partial charge on any atom is 0.137 e. The molecule has 16 rings (SSSR count). The van der Waals surface area contributed by atoms with Crippen molar-refractivity contribution >= 4 is 39.0 Å². The average Bonchev–Trinajstić information content (AvgIpc) is 4.37. The van der Waals surface area contributed by atoms with Crippen LogP contribution in [0.15, 0.2) is 290 Å². The highest BCUT2D eigenvalue weighted by atomic mass is 16.3. The molecule has 76 heavy (non-hydrogen) atoms. The van der Waals surface area contributed by atoms with E-state index in [0.29, 0.717) is 0 Å². The Kier molecular flexibility index (Phi) is 9.20. The average molecular weight is 966 g/mol. The monoisotopic (exact) mass is 965 g/mol. The van der Waals surface area contributed by atoms with Gasteiger partial charge in [-0.05, 0) is 149 Å². The molecule has 354 valence electrons. The van der Waals surface area contributed by atoms with E-state index in [4.69, 9.17) is 4.42 Å². The van der Waals surface area contributed by atoms with E-state index in [1.54, 1.807) is 0 Å². The van der Waals surface area contributed by atoms with Crippen LogP contribution >= 0.6 is 0 Å². The predicted molar refractivity (Wildman–Crippen MR) is 313 cm³/mol. The van der Waals surface area contributed by atoms with Gasteiger partial charge in [0, 0.05) is 16.8 Å². The van der Waals surface area contributed by atoms with Crippen LogP contribution in [0.3, 0.4) is 0 Å². The maximum absolute atomic E-state index is 6.85. The van der Waals surface area contributed by atoms with Crippen LogP contribution in [0, 0.1) is 0 Å². The lowest BCUT2D eigenvalue weighted by atomic mass is 9.67. The van der Waals surface area contributed by atoms with Gasteiger partial charge in [-0.15, -0.1) is 0 Å². The van der Waals surface area contributed by atoms with Gasteiger partial charge in [-0.2, -0.15) is 0 Å². The minimum atomic E-state index is -0.635. The van der Waals surface area contributed by atoms with Gasteiger partial charge in [0.15, 0.2) is 0 Å². The van der Waals surface area contributed by atoms with E-state index in [9.17, 15) is 0 Å². The minimum Gasteiger partial charge on any atom is -0.456 e. The fraction of sp³-hybridized carbons (Fsp3) is 0.0270. The number of hydrogen-bond acceptors (Lipinski definition) is 2. The van der Waals surface area contributed by atoms with Gasteiger partial charge in [0.1, 0.15) is 11.2 Å². The summed E-state index contributed by atoms with van der Waals surface area (Å²) in [5.74, 6) is 0. The van der Waals surface area contributed by atoms with Crippen molar-refractivity contribution in [3.05, 3.63) is 330 Å². The zero-order chi connectivity index (χ0) is 50.0. The van der Waals surface area contributed by atoms with Crippen LogP contribution in [0.1, 0.15) is 44.5 Å². The van der Waals surface area contributed by atoms with E-state index in [0.717, 1.165) is 44.6 Å². The summed E-state index contributed by atoms with van der Waals surface area (Å²) in [6.07, 6.45) is 0. The van der Waals surface area contributed by atoms with Crippen molar-refractivity contribution in [2.45, 2.75) is 10.8 Å². The van der Waals surface area contributed by atoms with E-state index in [-0.39, 0.29) is 0 Å². The molecule has 0 bridgehead atoms. The molecule has 3 aliphatic carbocycles. The normalized spacial score (nSPS) is 13.7. The van der Waals surface area contributed by atoms with Crippen LogP contribution in [0.4, 0.5) is 17.1 Å². The van der Waals surface area contributed by atoms with Gasteiger partial charge in [0.25, 0.3) is 0 Å². The molecular formula is C74H47NO. The number of benzene rings is 12. The van der Waals surface area contributed by atoms with Crippen molar-refractivity contribution in [3.63, 3.8) is 0 Å². The molecule has 12 aromatic carbocycles. The molecule has 0 unspecified atom stereocenters. The molecule has 1 heterocycles. The number of anilines is 3. The highest BCUT2D eigenvalue weighted by molar-refractivity contribution is 6.14. The first-order valence-corrected chi connectivity index (χ1v) is 26.4. The molecule has 0 saturated heterocycles. The third-order valence-electron chi connectivity index (χ3n) is 17.0. The molecule has 2 heteroatoms. The van der Waals surface area contributed by atoms with Crippen LogP contribution in [-0.4, -0.2) is 0 Å². The zero-order valence-corrected chi connectivity index (χ0v) is 41.5. The van der Waals surface area contributed by atoms with Crippen molar-refractivity contribution in [2.24, 2.45) is 0 Å². The van der Waals surface area contributed by atoms with Crippen molar-refractivity contribution in [3.8, 4) is 55.6 Å². The second-order valence-electron chi connectivity index (χ2n) is 20.6. The summed E-state index contributed by atoms with van der Waals surface area (Å²) in [6.45, 7) is 0. The number of hydrogen-bond donors (Lipinski definition) is 0. The molecule has 0 N–H and O–H groups in total. The highest BCUT2D eigenvalue weighted by Crippen LogP contribution is 2.64. The molecule has 3 aliphatic rings. The van der Waals surface area contributed by atoms with E-state index < -0.39 is 10.8 Å². The Bertz CT molecular complexity index is 4360. The summed E-state index contributed by atoms with van der Waals surface area (Å²) in [5.41, 5.74) is 26.3. The number of furan rings is 1. The lowest BCUT2D eigenvalue weighted by Gasteiger charge is -2.35. The Hall–Kier alpha value is -9.76. The van der Waals surface area contributed by atoms with Gasteiger partial charge in [0.2, 0.25) is 0 Å². The van der Waals surface area contributed by atoms with Crippen molar-refractivity contribution in [1.82, 2.24) is 0 Å². The van der Waals surface area contributed by atoms with Gasteiger partial charge < -0.3 is 9.32 Å². The van der Waals surface area contributed by atoms with E-state index in [2.05, 4.69) is 290 Å². The Morgan fingerprint density at radius 1 is 0.263 bits per heavy atom. The first-order chi connectivity index (χ1) is 37.7. The van der Waals surface area contributed by atoms with Crippen molar-refractivity contribution in [1.29, 1.82) is 0 Å². The predicted octanol–water partition coefficient (Wildman–Crippen LogP) is 19.1. The third kappa shape index (κ3) is 5.87. The Balaban J connectivity index is 0.978. The smallest absolute Gasteiger partial charge is 0.137 e. The van der Waals surface area contributed by atoms with Crippen LogP contribution in [0.25, 0.3) is 77.6 Å². The Morgan fingerprint density at radius 3 is 1.30 bits per heavy atom. The Labute approximate surface area is 442 Å². The van der Waals surface area contributed by atoms with Gasteiger partial charge in [0.05, 0.1) is 21.9 Å². The molecule has 13 aromatic rings. The lowest BCUT2D eigenvalue weighted by molar-refractivity contribution is 0.669. The lowest BCUT2D eigenvalue weighted by Crippen LogP contribution is -2.29. The Morgan fingerprint density at radius 2 is 0.724 bits per heavy atom. The quantitative estimate of drug-likeness (QED) is 0.158. The largest absolute Gasteiger partial charge is 0.456 e. The molecule has 2 nitrogen and oxygen atoms in total. The second kappa shape index (κ2) is 16.4. The van der Waals surface area contributed by atoms with Crippen molar-refractivity contribution < 1.29 is 4.42 Å². The molecule has 0 aliphatic heterocycles. The van der Waals surface area contributed by atoms with Gasteiger partial charge in [-0.25, -0.2) is 0 Å². The number of nitrogens with zero attached hydrogens (tertiary/aromatic N) is 1. The molecule has 0 fully saturated rings. The summed E-state index contributed by atoms with van der Waals surface area (Å²) < 4.78 is 6.85. The summed E-state index contributed by atoms with van der Waals surface area (Å²) in [6, 6.07) is 106. The fourth-order valence-corrected chi connectivity index (χ4v) is 13.9. The van der Waals surface area contributed by atoms with E-state index in [1.165, 1.54) is 94.6 Å². The van der Waals surface area contributed by atoms with Gasteiger partial charge in [-0.3, -0.25) is 0 Å². The third-order valence-corrected chi connectivity index (χ3v) is 17.0. The fourth-order valence-electron chi connectivity index (χ4n) is 13.9. The molecule has 1 spiro atoms. The van der Waals surface area contributed by atoms with Crippen LogP contribution in [0.5, 0.6) is 0 Å². The topological polar surface area (TPSA) is 16.4 Å². The van der Waals surface area contributed by atoms with Crippen LogP contribution < -0.4 is 4.90 Å². The van der Waals surface area contributed by atoms with E-state index in [1.807, 2.05) is 0 Å². The molecule has 0 amide bonds. The molecule has 1 aromatic heterocycles. The highest BCUT2D eigenvalue weighted by Gasteiger charge is 2.52. The van der Waals surface area contributed by atoms with Gasteiger partial charge in [-0.1, -0.05) is 237 Å². The summed E-state index contributed by atoms with van der Waals surface area (Å²) in [5, 5.41) is 2.14. The first-order valence-electron chi connectivity index (χ1n) is 26.4. The van der Waals surface area contributed by atoms with Crippen LogP contribution in [-0.2, 0) is 10.8 Å². The molecule has 0 radical (unpaired) electrons.